The zero-order valence-corrected chi connectivity index (χ0v) is 25.5. The summed E-state index contributed by atoms with van der Waals surface area (Å²) in [5.41, 5.74) is 4.79. The number of anilines is 1. The summed E-state index contributed by atoms with van der Waals surface area (Å²) in [6.45, 7) is 14.0. The van der Waals surface area contributed by atoms with Crippen molar-refractivity contribution in [3.8, 4) is 0 Å². The standard InChI is InChI=1S/C30H38ClFN2O2S2/c1-18(2)22-15-25(19(3)4)29(26(16-22)20(5)6)38(35,36)24-9-11-34(12-10-24)30-33-23(17-37-30)13-21-7-8-27(31)28(32)14-21/h7-8,14-20,24H,9-13H2,1-6H3. The molecule has 206 valence electrons. The molecule has 0 spiro atoms. The zero-order valence-electron chi connectivity index (χ0n) is 23.1. The number of aromatic nitrogens is 1. The predicted molar refractivity (Wildman–Crippen MR) is 157 cm³/mol. The van der Waals surface area contributed by atoms with Crippen LogP contribution in [-0.4, -0.2) is 31.7 Å². The third-order valence-corrected chi connectivity index (χ3v) is 11.1. The number of hydrogen-bond acceptors (Lipinski definition) is 5. The van der Waals surface area contributed by atoms with Crippen molar-refractivity contribution < 1.29 is 12.8 Å². The molecule has 0 N–H and O–H groups in total. The Labute approximate surface area is 236 Å². The molecule has 0 amide bonds. The normalized spacial score (nSPS) is 15.3. The van der Waals surface area contributed by atoms with Crippen LogP contribution in [0.2, 0.25) is 5.02 Å². The summed E-state index contributed by atoms with van der Waals surface area (Å²) < 4.78 is 42.1. The topological polar surface area (TPSA) is 50.3 Å². The van der Waals surface area contributed by atoms with Crippen molar-refractivity contribution in [1.29, 1.82) is 0 Å². The lowest BCUT2D eigenvalue weighted by molar-refractivity contribution is 0.526. The van der Waals surface area contributed by atoms with E-state index < -0.39 is 20.9 Å². The van der Waals surface area contributed by atoms with Gasteiger partial charge in [0.1, 0.15) is 5.82 Å². The number of piperidine rings is 1. The van der Waals surface area contributed by atoms with Gasteiger partial charge in [-0.1, -0.05) is 71.3 Å². The lowest BCUT2D eigenvalue weighted by atomic mass is 9.89. The van der Waals surface area contributed by atoms with Crippen LogP contribution in [0, 0.1) is 5.82 Å². The highest BCUT2D eigenvalue weighted by Crippen LogP contribution is 2.39. The molecule has 4 rings (SSSR count). The molecule has 0 atom stereocenters. The van der Waals surface area contributed by atoms with Crippen molar-refractivity contribution in [1.82, 2.24) is 4.98 Å². The summed E-state index contributed by atoms with van der Waals surface area (Å²) in [6.07, 6.45) is 1.67. The molecule has 8 heteroatoms. The Balaban J connectivity index is 1.53. The summed E-state index contributed by atoms with van der Waals surface area (Å²) >= 11 is 7.35. The molecule has 1 fully saturated rings. The lowest BCUT2D eigenvalue weighted by Gasteiger charge is -2.33. The highest BCUT2D eigenvalue weighted by molar-refractivity contribution is 7.92. The average Bonchev–Trinajstić information content (AvgIpc) is 3.33. The molecule has 0 aliphatic carbocycles. The second kappa shape index (κ2) is 11.6. The highest BCUT2D eigenvalue weighted by atomic mass is 35.5. The minimum absolute atomic E-state index is 0.113. The first-order valence-corrected chi connectivity index (χ1v) is 16.2. The van der Waals surface area contributed by atoms with Crippen LogP contribution in [0.15, 0.2) is 40.6 Å². The second-order valence-electron chi connectivity index (χ2n) is 11.3. The third-order valence-electron chi connectivity index (χ3n) is 7.42. The first-order valence-electron chi connectivity index (χ1n) is 13.4. The van der Waals surface area contributed by atoms with Gasteiger partial charge in [-0.15, -0.1) is 11.3 Å². The van der Waals surface area contributed by atoms with Crippen molar-refractivity contribution in [2.24, 2.45) is 0 Å². The van der Waals surface area contributed by atoms with Gasteiger partial charge in [0.2, 0.25) is 0 Å². The fourth-order valence-electron chi connectivity index (χ4n) is 5.12. The van der Waals surface area contributed by atoms with Gasteiger partial charge in [0, 0.05) is 24.9 Å². The summed E-state index contributed by atoms with van der Waals surface area (Å²) in [5, 5.41) is 2.58. The van der Waals surface area contributed by atoms with Crippen LogP contribution >= 0.6 is 22.9 Å². The molecule has 2 heterocycles. The average molecular weight is 577 g/mol. The molecule has 38 heavy (non-hydrogen) atoms. The number of halogens is 2. The van der Waals surface area contributed by atoms with Crippen molar-refractivity contribution in [2.75, 3.05) is 18.0 Å². The summed E-state index contributed by atoms with van der Waals surface area (Å²) in [6, 6.07) is 9.06. The van der Waals surface area contributed by atoms with Crippen LogP contribution in [0.1, 0.15) is 100 Å². The van der Waals surface area contributed by atoms with Crippen LogP contribution in [0.25, 0.3) is 0 Å². The molecule has 1 aliphatic rings. The number of benzene rings is 2. The van der Waals surface area contributed by atoms with Crippen LogP contribution in [0.4, 0.5) is 9.52 Å². The van der Waals surface area contributed by atoms with E-state index in [2.05, 4.69) is 58.6 Å². The number of rotatable bonds is 8. The number of hydrogen-bond donors (Lipinski definition) is 0. The monoisotopic (exact) mass is 576 g/mol. The first-order chi connectivity index (χ1) is 17.9. The maximum Gasteiger partial charge on any atom is 0.185 e. The Hall–Kier alpha value is -1.96. The largest absolute Gasteiger partial charge is 0.348 e. The van der Waals surface area contributed by atoms with E-state index in [9.17, 15) is 12.8 Å². The van der Waals surface area contributed by atoms with E-state index in [0.717, 1.165) is 27.5 Å². The molecule has 0 bridgehead atoms. The van der Waals surface area contributed by atoms with Crippen molar-refractivity contribution in [3.63, 3.8) is 0 Å². The van der Waals surface area contributed by atoms with Gasteiger partial charge >= 0.3 is 0 Å². The van der Waals surface area contributed by atoms with Gasteiger partial charge in [-0.3, -0.25) is 0 Å². The summed E-state index contributed by atoms with van der Waals surface area (Å²) in [5.74, 6) is 0.160. The zero-order chi connectivity index (χ0) is 27.8. The van der Waals surface area contributed by atoms with Gasteiger partial charge in [0.25, 0.3) is 0 Å². The smallest absolute Gasteiger partial charge is 0.185 e. The molecule has 0 radical (unpaired) electrons. The van der Waals surface area contributed by atoms with Crippen LogP contribution < -0.4 is 4.90 Å². The van der Waals surface area contributed by atoms with Gasteiger partial charge < -0.3 is 4.90 Å². The lowest BCUT2D eigenvalue weighted by Crippen LogP contribution is -2.40. The van der Waals surface area contributed by atoms with E-state index in [4.69, 9.17) is 16.6 Å². The minimum Gasteiger partial charge on any atom is -0.348 e. The molecule has 2 aromatic carbocycles. The highest BCUT2D eigenvalue weighted by Gasteiger charge is 2.36. The van der Waals surface area contributed by atoms with Gasteiger partial charge in [-0.2, -0.15) is 0 Å². The van der Waals surface area contributed by atoms with Crippen molar-refractivity contribution in [3.05, 3.63) is 74.5 Å². The first kappa shape index (κ1) is 29.0. The Morgan fingerprint density at radius 2 is 1.61 bits per heavy atom. The molecule has 3 aromatic rings. The number of sulfone groups is 1. The van der Waals surface area contributed by atoms with E-state index in [1.807, 2.05) is 11.4 Å². The molecular weight excluding hydrogens is 539 g/mol. The predicted octanol–water partition coefficient (Wildman–Crippen LogP) is 8.34. The Morgan fingerprint density at radius 1 is 1.00 bits per heavy atom. The second-order valence-corrected chi connectivity index (χ2v) is 14.7. The van der Waals surface area contributed by atoms with Crippen LogP contribution in [-0.2, 0) is 16.3 Å². The number of nitrogens with zero attached hydrogens (tertiary/aromatic N) is 2. The quantitative estimate of drug-likeness (QED) is 0.270. The van der Waals surface area contributed by atoms with E-state index in [0.29, 0.717) is 43.2 Å². The molecule has 1 saturated heterocycles. The fraction of sp³-hybridized carbons (Fsp3) is 0.500. The number of thiazole rings is 1. The van der Waals surface area contributed by atoms with Crippen molar-refractivity contribution in [2.45, 2.75) is 88.7 Å². The van der Waals surface area contributed by atoms with E-state index in [1.54, 1.807) is 17.4 Å². The molecule has 0 unspecified atom stereocenters. The Bertz CT molecular complexity index is 1360. The SMILES string of the molecule is CC(C)c1cc(C(C)C)c(S(=O)(=O)C2CCN(c3nc(Cc4ccc(Cl)c(F)c4)cs3)CC2)c(C(C)C)c1. The maximum absolute atomic E-state index is 14.1. The molecular formula is C30H38ClFN2O2S2. The minimum atomic E-state index is -3.49. The van der Waals surface area contributed by atoms with Crippen molar-refractivity contribution >= 4 is 37.9 Å². The van der Waals surface area contributed by atoms with Gasteiger partial charge in [0.05, 0.1) is 20.9 Å². The molecule has 4 nitrogen and oxygen atoms in total. The van der Waals surface area contributed by atoms with Gasteiger partial charge in [-0.25, -0.2) is 17.8 Å². The Morgan fingerprint density at radius 3 is 2.13 bits per heavy atom. The van der Waals surface area contributed by atoms with E-state index in [-0.39, 0.29) is 16.9 Å². The fourth-order valence-corrected chi connectivity index (χ4v) is 8.53. The van der Waals surface area contributed by atoms with Gasteiger partial charge in [0.15, 0.2) is 15.0 Å². The Kier molecular flexibility index (Phi) is 8.90. The molecule has 1 aromatic heterocycles. The maximum atomic E-state index is 14.1. The molecule has 0 saturated carbocycles. The van der Waals surface area contributed by atoms with Gasteiger partial charge in [-0.05, 0) is 65.0 Å². The summed E-state index contributed by atoms with van der Waals surface area (Å²) in [4.78, 5) is 7.51. The van der Waals surface area contributed by atoms with Crippen LogP contribution in [0.3, 0.4) is 0 Å². The summed E-state index contributed by atoms with van der Waals surface area (Å²) in [7, 11) is -3.49. The molecule has 1 aliphatic heterocycles. The van der Waals surface area contributed by atoms with E-state index in [1.165, 1.54) is 11.6 Å². The van der Waals surface area contributed by atoms with Crippen LogP contribution in [0.5, 0.6) is 0 Å². The van der Waals surface area contributed by atoms with E-state index >= 15 is 0 Å². The third kappa shape index (κ3) is 6.10.